The van der Waals surface area contributed by atoms with Crippen LogP contribution in [0.5, 0.6) is 0 Å². The summed E-state index contributed by atoms with van der Waals surface area (Å²) < 4.78 is 31.2. The number of nitrogens with zero attached hydrogens (tertiary/aromatic N) is 1. The molecular formula is C10H20N2O4S. The van der Waals surface area contributed by atoms with Crippen molar-refractivity contribution in [2.75, 3.05) is 27.2 Å². The molecule has 0 spiro atoms. The number of carbonyl (C=O) groups excluding carboxylic acids is 1. The molecule has 0 unspecified atom stereocenters. The van der Waals surface area contributed by atoms with Crippen LogP contribution in [0.15, 0.2) is 12.2 Å². The normalized spacial score (nSPS) is 12.2. The molecule has 0 fully saturated rings. The quantitative estimate of drug-likeness (QED) is 0.388. The summed E-state index contributed by atoms with van der Waals surface area (Å²) in [7, 11) is -0.815. The van der Waals surface area contributed by atoms with E-state index in [-0.39, 0.29) is 13.0 Å². The lowest BCUT2D eigenvalue weighted by molar-refractivity contribution is -0.140. The average Bonchev–Trinajstić information content (AvgIpc) is 2.31. The molecule has 0 aliphatic carbocycles. The topological polar surface area (TPSA) is 75.7 Å². The lowest BCUT2D eigenvalue weighted by atomic mass is 10.4. The maximum absolute atomic E-state index is 11.6. The Morgan fingerprint density at radius 1 is 1.47 bits per heavy atom. The van der Waals surface area contributed by atoms with Crippen LogP contribution >= 0.6 is 0 Å². The monoisotopic (exact) mass is 264 g/mol. The average molecular weight is 264 g/mol. The molecule has 17 heavy (non-hydrogen) atoms. The lowest BCUT2D eigenvalue weighted by Crippen LogP contribution is -2.39. The molecule has 0 aromatic rings. The van der Waals surface area contributed by atoms with Crippen LogP contribution in [0.2, 0.25) is 0 Å². The third-order valence-electron chi connectivity index (χ3n) is 2.10. The predicted molar refractivity (Wildman–Crippen MR) is 65.6 cm³/mol. The summed E-state index contributed by atoms with van der Waals surface area (Å²) in [5, 5.41) is 0. The van der Waals surface area contributed by atoms with Gasteiger partial charge in [-0.1, -0.05) is 12.2 Å². The molecule has 0 aromatic heterocycles. The van der Waals surface area contributed by atoms with Gasteiger partial charge in [-0.3, -0.25) is 4.79 Å². The Hall–Kier alpha value is -0.920. The molecule has 0 aliphatic heterocycles. The number of esters is 1. The Labute approximate surface area is 103 Å². The molecule has 6 nitrogen and oxygen atoms in total. The third kappa shape index (κ3) is 7.09. The van der Waals surface area contributed by atoms with E-state index in [1.54, 1.807) is 0 Å². The first-order valence-corrected chi connectivity index (χ1v) is 6.77. The summed E-state index contributed by atoms with van der Waals surface area (Å²) in [5.41, 5.74) is 0. The Bertz CT molecular complexity index is 351. The van der Waals surface area contributed by atoms with E-state index in [2.05, 4.69) is 9.46 Å². The van der Waals surface area contributed by atoms with E-state index in [1.807, 2.05) is 19.1 Å². The second kappa shape index (κ2) is 8.21. The highest BCUT2D eigenvalue weighted by molar-refractivity contribution is 7.87. The molecule has 0 radical (unpaired) electrons. The van der Waals surface area contributed by atoms with Crippen LogP contribution in [0.1, 0.15) is 19.8 Å². The maximum Gasteiger partial charge on any atom is 0.306 e. The van der Waals surface area contributed by atoms with Crippen molar-refractivity contribution in [1.29, 1.82) is 0 Å². The summed E-state index contributed by atoms with van der Waals surface area (Å²) in [6, 6.07) is 0. The third-order valence-corrected chi connectivity index (χ3v) is 3.67. The second-order valence-corrected chi connectivity index (χ2v) is 5.27. The number of ether oxygens (including phenoxy) is 1. The van der Waals surface area contributed by atoms with Gasteiger partial charge in [0.25, 0.3) is 10.2 Å². The van der Waals surface area contributed by atoms with Gasteiger partial charge < -0.3 is 4.74 Å². The Morgan fingerprint density at radius 2 is 2.12 bits per heavy atom. The predicted octanol–water partition coefficient (Wildman–Crippen LogP) is 0.282. The van der Waals surface area contributed by atoms with E-state index >= 15 is 0 Å². The van der Waals surface area contributed by atoms with Gasteiger partial charge in [-0.2, -0.15) is 12.7 Å². The molecule has 100 valence electrons. The molecule has 0 amide bonds. The van der Waals surface area contributed by atoms with Crippen molar-refractivity contribution in [3.8, 4) is 0 Å². The molecule has 0 rings (SSSR count). The van der Waals surface area contributed by atoms with Crippen LogP contribution in [-0.2, 0) is 19.7 Å². The summed E-state index contributed by atoms with van der Waals surface area (Å²) in [6.45, 7) is 2.32. The van der Waals surface area contributed by atoms with E-state index in [4.69, 9.17) is 0 Å². The van der Waals surface area contributed by atoms with E-state index < -0.39 is 16.2 Å². The Balaban J connectivity index is 4.07. The SMILES string of the molecule is C/C=C/CCNS(=O)(=O)N(C)CCC(=O)OC. The summed E-state index contributed by atoms with van der Waals surface area (Å²) in [6.07, 6.45) is 4.41. The fraction of sp³-hybridized carbons (Fsp3) is 0.700. The summed E-state index contributed by atoms with van der Waals surface area (Å²) in [5.74, 6) is -0.430. The van der Waals surface area contributed by atoms with E-state index in [1.165, 1.54) is 14.2 Å². The van der Waals surface area contributed by atoms with Crippen molar-refractivity contribution < 1.29 is 17.9 Å². The van der Waals surface area contributed by atoms with Gasteiger partial charge in [-0.15, -0.1) is 0 Å². The molecule has 0 bridgehead atoms. The standard InChI is InChI=1S/C10H20N2O4S/c1-4-5-6-8-11-17(14,15)12(2)9-7-10(13)16-3/h4-5,11H,6-9H2,1-3H3/b5-4+. The van der Waals surface area contributed by atoms with Gasteiger partial charge in [0.1, 0.15) is 0 Å². The molecule has 0 atom stereocenters. The molecule has 0 heterocycles. The molecule has 7 heteroatoms. The fourth-order valence-corrected chi connectivity index (χ4v) is 1.95. The van der Waals surface area contributed by atoms with Gasteiger partial charge >= 0.3 is 5.97 Å². The number of methoxy groups -OCH3 is 1. The van der Waals surface area contributed by atoms with Gasteiger partial charge in [0.2, 0.25) is 0 Å². The van der Waals surface area contributed by atoms with Crippen LogP contribution in [0.4, 0.5) is 0 Å². The molecule has 0 saturated heterocycles. The van der Waals surface area contributed by atoms with Gasteiger partial charge in [0.05, 0.1) is 13.5 Å². The molecule has 0 saturated carbocycles. The van der Waals surface area contributed by atoms with Gasteiger partial charge in [0, 0.05) is 20.1 Å². The molecule has 0 aliphatic rings. The minimum absolute atomic E-state index is 0.0444. The van der Waals surface area contributed by atoms with Crippen molar-refractivity contribution in [2.24, 2.45) is 0 Å². The van der Waals surface area contributed by atoms with Gasteiger partial charge in [0.15, 0.2) is 0 Å². The van der Waals surface area contributed by atoms with E-state index in [0.29, 0.717) is 13.0 Å². The van der Waals surface area contributed by atoms with E-state index in [9.17, 15) is 13.2 Å². The zero-order valence-electron chi connectivity index (χ0n) is 10.5. The van der Waals surface area contributed by atoms with Crippen LogP contribution in [0.25, 0.3) is 0 Å². The Morgan fingerprint density at radius 3 is 2.65 bits per heavy atom. The van der Waals surface area contributed by atoms with E-state index in [0.717, 1.165) is 4.31 Å². The molecular weight excluding hydrogens is 244 g/mol. The highest BCUT2D eigenvalue weighted by Crippen LogP contribution is 1.97. The fourth-order valence-electron chi connectivity index (χ4n) is 1.02. The maximum atomic E-state index is 11.6. The first kappa shape index (κ1) is 16.1. The van der Waals surface area contributed by atoms with Crippen LogP contribution < -0.4 is 4.72 Å². The number of hydrogen-bond donors (Lipinski definition) is 1. The van der Waals surface area contributed by atoms with Crippen molar-refractivity contribution in [2.45, 2.75) is 19.8 Å². The van der Waals surface area contributed by atoms with Crippen molar-refractivity contribution in [1.82, 2.24) is 9.03 Å². The second-order valence-electron chi connectivity index (χ2n) is 3.40. The zero-order valence-corrected chi connectivity index (χ0v) is 11.3. The van der Waals surface area contributed by atoms with Crippen LogP contribution in [0.3, 0.4) is 0 Å². The summed E-state index contributed by atoms with van der Waals surface area (Å²) in [4.78, 5) is 10.9. The Kier molecular flexibility index (Phi) is 7.77. The number of rotatable bonds is 8. The van der Waals surface area contributed by atoms with Crippen LogP contribution in [-0.4, -0.2) is 45.9 Å². The van der Waals surface area contributed by atoms with Crippen molar-refractivity contribution in [3.63, 3.8) is 0 Å². The minimum Gasteiger partial charge on any atom is -0.469 e. The van der Waals surface area contributed by atoms with Crippen molar-refractivity contribution >= 4 is 16.2 Å². The zero-order chi connectivity index (χ0) is 13.3. The molecule has 0 aromatic carbocycles. The number of allylic oxidation sites excluding steroid dienone is 1. The summed E-state index contributed by atoms with van der Waals surface area (Å²) >= 11 is 0. The molecule has 1 N–H and O–H groups in total. The lowest BCUT2D eigenvalue weighted by Gasteiger charge is -2.16. The van der Waals surface area contributed by atoms with Crippen molar-refractivity contribution in [3.05, 3.63) is 12.2 Å². The smallest absolute Gasteiger partial charge is 0.306 e. The highest BCUT2D eigenvalue weighted by atomic mass is 32.2. The number of nitrogens with one attached hydrogen (secondary N) is 1. The first-order valence-electron chi connectivity index (χ1n) is 5.33. The van der Waals surface area contributed by atoms with Gasteiger partial charge in [-0.05, 0) is 13.3 Å². The number of hydrogen-bond acceptors (Lipinski definition) is 4. The minimum atomic E-state index is -3.50. The van der Waals surface area contributed by atoms with Gasteiger partial charge in [-0.25, -0.2) is 4.72 Å². The number of carbonyl (C=O) groups is 1. The highest BCUT2D eigenvalue weighted by Gasteiger charge is 2.17. The van der Waals surface area contributed by atoms with Crippen LogP contribution in [0, 0.1) is 0 Å². The largest absolute Gasteiger partial charge is 0.469 e. The first-order chi connectivity index (χ1) is 7.94.